The molecule has 0 aliphatic carbocycles. The van der Waals surface area contributed by atoms with Crippen LogP contribution in [0.3, 0.4) is 0 Å². The molecule has 0 aliphatic rings. The Bertz CT molecular complexity index is 471. The van der Waals surface area contributed by atoms with E-state index in [0.717, 1.165) is 24.6 Å². The van der Waals surface area contributed by atoms with Gasteiger partial charge in [0.05, 0.1) is 13.0 Å². The van der Waals surface area contributed by atoms with E-state index in [9.17, 15) is 9.59 Å². The number of carbonyl (C=O) groups is 2. The average Bonchev–Trinajstić information content (AvgIpc) is 2.76. The number of hydrogen-bond acceptors (Lipinski definition) is 4. The van der Waals surface area contributed by atoms with Crippen molar-refractivity contribution >= 4 is 22.8 Å². The average molecular weight is 453 g/mol. The van der Waals surface area contributed by atoms with Gasteiger partial charge in [-0.05, 0) is 19.4 Å². The molecule has 0 spiro atoms. The van der Waals surface area contributed by atoms with Crippen molar-refractivity contribution in [1.82, 2.24) is 0 Å². The lowest BCUT2D eigenvalue weighted by Crippen LogP contribution is -2.07. The Kier molecular flexibility index (Phi) is 24.4. The van der Waals surface area contributed by atoms with Gasteiger partial charge in [0.25, 0.3) is 0 Å². The standard InChI is InChI=1S/C27H48O3S/c1-3-5-7-8-9-10-11-12-13-14-15-16-17-18-19-21-24-30-26(28)23-25-31-27(29)22-20-6-4-2/h4,6,20,22H,3,5,7-19,21,23-25H2,1-2H3/b6-4+,22-20+. The van der Waals surface area contributed by atoms with E-state index in [1.165, 1.54) is 96.0 Å². The van der Waals surface area contributed by atoms with Crippen LogP contribution in [0.25, 0.3) is 0 Å². The molecule has 4 heteroatoms. The van der Waals surface area contributed by atoms with Crippen molar-refractivity contribution in [3.05, 3.63) is 24.3 Å². The van der Waals surface area contributed by atoms with Crippen LogP contribution in [0.1, 0.15) is 123 Å². The van der Waals surface area contributed by atoms with Gasteiger partial charge in [-0.3, -0.25) is 9.59 Å². The maximum atomic E-state index is 11.7. The van der Waals surface area contributed by atoms with Gasteiger partial charge in [-0.15, -0.1) is 0 Å². The van der Waals surface area contributed by atoms with Crippen molar-refractivity contribution in [1.29, 1.82) is 0 Å². The van der Waals surface area contributed by atoms with Crippen LogP contribution < -0.4 is 0 Å². The monoisotopic (exact) mass is 452 g/mol. The first-order valence-corrected chi connectivity index (χ1v) is 13.8. The first-order chi connectivity index (χ1) is 15.2. The lowest BCUT2D eigenvalue weighted by Gasteiger charge is -2.05. The van der Waals surface area contributed by atoms with Crippen LogP contribution >= 0.6 is 11.8 Å². The van der Waals surface area contributed by atoms with Crippen LogP contribution in [0.15, 0.2) is 24.3 Å². The predicted octanol–water partition coefficient (Wildman–Crippen LogP) is 8.57. The van der Waals surface area contributed by atoms with Crippen LogP contribution in [-0.2, 0) is 14.3 Å². The molecule has 0 radical (unpaired) electrons. The fourth-order valence-electron chi connectivity index (χ4n) is 3.44. The van der Waals surface area contributed by atoms with Crippen LogP contribution in [-0.4, -0.2) is 23.4 Å². The van der Waals surface area contributed by atoms with Crippen molar-refractivity contribution in [2.75, 3.05) is 12.4 Å². The van der Waals surface area contributed by atoms with Gasteiger partial charge in [0.2, 0.25) is 5.12 Å². The number of hydrogen-bond donors (Lipinski definition) is 0. The van der Waals surface area contributed by atoms with Gasteiger partial charge >= 0.3 is 5.97 Å². The molecule has 0 aromatic heterocycles. The smallest absolute Gasteiger partial charge is 0.306 e. The number of allylic oxidation sites excluding steroid dienone is 3. The predicted molar refractivity (Wildman–Crippen MR) is 137 cm³/mol. The Morgan fingerprint density at radius 1 is 0.710 bits per heavy atom. The van der Waals surface area contributed by atoms with E-state index in [-0.39, 0.29) is 11.1 Å². The maximum absolute atomic E-state index is 11.7. The van der Waals surface area contributed by atoms with Gasteiger partial charge < -0.3 is 4.74 Å². The molecule has 0 unspecified atom stereocenters. The van der Waals surface area contributed by atoms with Gasteiger partial charge in [0, 0.05) is 5.75 Å². The molecule has 0 atom stereocenters. The highest BCUT2D eigenvalue weighted by molar-refractivity contribution is 8.14. The molecule has 0 rings (SSSR count). The Morgan fingerprint density at radius 2 is 1.19 bits per heavy atom. The first kappa shape index (κ1) is 30.0. The van der Waals surface area contributed by atoms with Crippen molar-refractivity contribution in [2.45, 2.75) is 123 Å². The van der Waals surface area contributed by atoms with E-state index in [2.05, 4.69) is 6.92 Å². The van der Waals surface area contributed by atoms with Gasteiger partial charge in [0.1, 0.15) is 0 Å². The van der Waals surface area contributed by atoms with E-state index in [0.29, 0.717) is 18.8 Å². The molecule has 3 nitrogen and oxygen atoms in total. The number of ether oxygens (including phenoxy) is 1. The van der Waals surface area contributed by atoms with Crippen LogP contribution in [0.4, 0.5) is 0 Å². The van der Waals surface area contributed by atoms with Crippen LogP contribution in [0, 0.1) is 0 Å². The van der Waals surface area contributed by atoms with E-state index >= 15 is 0 Å². The molecule has 0 saturated heterocycles. The summed E-state index contributed by atoms with van der Waals surface area (Å²) in [6, 6.07) is 0. The summed E-state index contributed by atoms with van der Waals surface area (Å²) in [7, 11) is 0. The number of thioether (sulfide) groups is 1. The van der Waals surface area contributed by atoms with Gasteiger partial charge in [0.15, 0.2) is 0 Å². The van der Waals surface area contributed by atoms with Crippen molar-refractivity contribution in [2.24, 2.45) is 0 Å². The second-order valence-electron chi connectivity index (χ2n) is 8.33. The van der Waals surface area contributed by atoms with E-state index in [1.54, 1.807) is 6.08 Å². The minimum Gasteiger partial charge on any atom is -0.466 e. The number of carbonyl (C=O) groups excluding carboxylic acids is 2. The summed E-state index contributed by atoms with van der Waals surface area (Å²) in [6.45, 7) is 4.69. The molecule has 0 heterocycles. The molecule has 0 fully saturated rings. The SMILES string of the molecule is C/C=C/C=C/C(=O)SCCC(=O)OCCCCCCCCCCCCCCCCCC. The third-order valence-corrected chi connectivity index (χ3v) is 6.18. The van der Waals surface area contributed by atoms with Crippen LogP contribution in [0.5, 0.6) is 0 Å². The van der Waals surface area contributed by atoms with E-state index < -0.39 is 0 Å². The highest BCUT2D eigenvalue weighted by atomic mass is 32.2. The van der Waals surface area contributed by atoms with Gasteiger partial charge in [-0.1, -0.05) is 133 Å². The van der Waals surface area contributed by atoms with E-state index in [4.69, 9.17) is 4.74 Å². The Labute approximate surface area is 196 Å². The zero-order valence-corrected chi connectivity index (χ0v) is 21.2. The molecule has 0 amide bonds. The summed E-state index contributed by atoms with van der Waals surface area (Å²) in [6.07, 6.45) is 28.6. The lowest BCUT2D eigenvalue weighted by molar-refractivity contribution is -0.143. The minimum atomic E-state index is -0.196. The number of rotatable bonds is 22. The lowest BCUT2D eigenvalue weighted by atomic mass is 10.0. The highest BCUT2D eigenvalue weighted by Crippen LogP contribution is 2.14. The Morgan fingerprint density at radius 3 is 1.68 bits per heavy atom. The van der Waals surface area contributed by atoms with Gasteiger partial charge in [-0.2, -0.15) is 0 Å². The number of esters is 1. The maximum Gasteiger partial charge on any atom is 0.306 e. The summed E-state index contributed by atoms with van der Waals surface area (Å²) in [5.74, 6) is 0.287. The molecule has 0 aromatic rings. The summed E-state index contributed by atoms with van der Waals surface area (Å²) in [5, 5.41) is -0.0243. The van der Waals surface area contributed by atoms with Crippen molar-refractivity contribution < 1.29 is 14.3 Å². The zero-order chi connectivity index (χ0) is 22.8. The first-order valence-electron chi connectivity index (χ1n) is 12.8. The molecular formula is C27H48O3S. The topological polar surface area (TPSA) is 43.4 Å². The molecule has 0 bridgehead atoms. The van der Waals surface area contributed by atoms with Gasteiger partial charge in [-0.25, -0.2) is 0 Å². The van der Waals surface area contributed by atoms with Crippen molar-refractivity contribution in [3.63, 3.8) is 0 Å². The third kappa shape index (κ3) is 25.1. The fourth-order valence-corrected chi connectivity index (χ4v) is 4.08. The largest absolute Gasteiger partial charge is 0.466 e. The molecule has 180 valence electrons. The molecule has 0 aliphatic heterocycles. The molecule has 0 N–H and O–H groups in total. The Balaban J connectivity index is 3.25. The molecular weight excluding hydrogens is 404 g/mol. The number of unbranched alkanes of at least 4 members (excludes halogenated alkanes) is 15. The highest BCUT2D eigenvalue weighted by Gasteiger charge is 2.05. The van der Waals surface area contributed by atoms with Crippen molar-refractivity contribution in [3.8, 4) is 0 Å². The molecule has 0 aromatic carbocycles. The summed E-state index contributed by atoms with van der Waals surface area (Å²) < 4.78 is 5.25. The molecule has 31 heavy (non-hydrogen) atoms. The quantitative estimate of drug-likeness (QED) is 0.0714. The summed E-state index contributed by atoms with van der Waals surface area (Å²) in [5.41, 5.74) is 0. The second-order valence-corrected chi connectivity index (χ2v) is 9.43. The third-order valence-electron chi connectivity index (χ3n) is 5.35. The van der Waals surface area contributed by atoms with Crippen LogP contribution in [0.2, 0.25) is 0 Å². The summed E-state index contributed by atoms with van der Waals surface area (Å²) in [4.78, 5) is 23.2. The summed E-state index contributed by atoms with van der Waals surface area (Å²) >= 11 is 1.16. The second kappa shape index (κ2) is 25.2. The zero-order valence-electron chi connectivity index (χ0n) is 20.4. The fraction of sp³-hybridized carbons (Fsp3) is 0.778. The molecule has 0 saturated carbocycles. The van der Waals surface area contributed by atoms with E-state index in [1.807, 2.05) is 19.1 Å². The normalized spacial score (nSPS) is 11.5. The minimum absolute atomic E-state index is 0.0243. The Hall–Kier alpha value is -1.03.